The van der Waals surface area contributed by atoms with Gasteiger partial charge in [0.1, 0.15) is 19.0 Å². The fourth-order valence-electron chi connectivity index (χ4n) is 2.19. The molecule has 0 saturated heterocycles. The molecule has 0 fully saturated rings. The molecule has 1 aromatic heterocycles. The van der Waals surface area contributed by atoms with Gasteiger partial charge in [0.2, 0.25) is 5.52 Å². The zero-order valence-electron chi connectivity index (χ0n) is 13.1. The molecular formula is C16H17NO6. The molecule has 0 N–H and O–H groups in total. The van der Waals surface area contributed by atoms with Crippen molar-refractivity contribution in [1.82, 2.24) is 0 Å². The van der Waals surface area contributed by atoms with E-state index in [0.29, 0.717) is 32.5 Å². The van der Waals surface area contributed by atoms with Crippen LogP contribution in [0.4, 0.5) is 0 Å². The smallest absolute Gasteiger partial charge is 0.302 e. The molecule has 1 aromatic carbocycles. The van der Waals surface area contributed by atoms with Crippen molar-refractivity contribution in [2.45, 2.75) is 27.1 Å². The number of fused-ring (bicyclic) bond motifs is 1. The number of hydrogen-bond acceptors (Lipinski definition) is 6. The molecule has 7 nitrogen and oxygen atoms in total. The molecule has 0 aliphatic rings. The third kappa shape index (κ3) is 3.88. The molecule has 7 heteroatoms. The van der Waals surface area contributed by atoms with E-state index in [1.807, 2.05) is 0 Å². The maximum Gasteiger partial charge on any atom is 0.302 e. The van der Waals surface area contributed by atoms with Crippen molar-refractivity contribution in [3.05, 3.63) is 40.7 Å². The van der Waals surface area contributed by atoms with Crippen molar-refractivity contribution in [2.75, 3.05) is 7.11 Å². The summed E-state index contributed by atoms with van der Waals surface area (Å²) >= 11 is 0. The highest BCUT2D eigenvalue weighted by molar-refractivity contribution is 5.82. The van der Waals surface area contributed by atoms with Crippen LogP contribution in [-0.2, 0) is 32.3 Å². The van der Waals surface area contributed by atoms with Gasteiger partial charge >= 0.3 is 11.9 Å². The number of hydrogen-bond donors (Lipinski definition) is 0. The van der Waals surface area contributed by atoms with E-state index in [1.165, 1.54) is 27.2 Å². The van der Waals surface area contributed by atoms with Crippen LogP contribution in [0.2, 0.25) is 0 Å². The number of carbonyl (C=O) groups excluding carboxylic acids is 2. The molecule has 2 aromatic rings. The Kier molecular flexibility index (Phi) is 5.00. The van der Waals surface area contributed by atoms with Gasteiger partial charge in [-0.05, 0) is 12.1 Å². The van der Waals surface area contributed by atoms with Crippen LogP contribution in [0.1, 0.15) is 25.0 Å². The quantitative estimate of drug-likeness (QED) is 0.472. The second kappa shape index (κ2) is 6.95. The summed E-state index contributed by atoms with van der Waals surface area (Å²) in [6.07, 6.45) is 1.32. The van der Waals surface area contributed by atoms with Gasteiger partial charge in [-0.25, -0.2) is 0 Å². The topological polar surface area (TPSA) is 88.8 Å². The Morgan fingerprint density at radius 3 is 2.39 bits per heavy atom. The van der Waals surface area contributed by atoms with Gasteiger partial charge in [0.05, 0.1) is 18.1 Å². The second-order valence-electron chi connectivity index (χ2n) is 4.90. The van der Waals surface area contributed by atoms with Crippen LogP contribution in [0, 0.1) is 5.21 Å². The molecule has 0 unspecified atom stereocenters. The summed E-state index contributed by atoms with van der Waals surface area (Å²) in [7, 11) is 1.51. The first kappa shape index (κ1) is 16.5. The first-order valence-corrected chi connectivity index (χ1v) is 6.90. The van der Waals surface area contributed by atoms with Crippen molar-refractivity contribution in [1.29, 1.82) is 0 Å². The average molecular weight is 319 g/mol. The van der Waals surface area contributed by atoms with Gasteiger partial charge in [0.25, 0.3) is 0 Å². The molecule has 0 spiro atoms. The number of benzene rings is 1. The fourth-order valence-corrected chi connectivity index (χ4v) is 2.19. The van der Waals surface area contributed by atoms with Crippen molar-refractivity contribution >= 4 is 22.8 Å². The van der Waals surface area contributed by atoms with Gasteiger partial charge in [-0.3, -0.25) is 9.59 Å². The predicted octanol–water partition coefficient (Wildman–Crippen LogP) is 1.61. The molecule has 0 aliphatic heterocycles. The maximum absolute atomic E-state index is 12.2. The number of methoxy groups -OCH3 is 1. The summed E-state index contributed by atoms with van der Waals surface area (Å²) in [4.78, 5) is 22.2. The highest BCUT2D eigenvalue weighted by Crippen LogP contribution is 2.25. The fraction of sp³-hybridized carbons (Fsp3) is 0.312. The first-order chi connectivity index (χ1) is 10.9. The first-order valence-electron chi connectivity index (χ1n) is 6.90. The Morgan fingerprint density at radius 2 is 1.78 bits per heavy atom. The molecule has 2 rings (SSSR count). The van der Waals surface area contributed by atoms with Crippen LogP contribution in [0.15, 0.2) is 24.4 Å². The van der Waals surface area contributed by atoms with E-state index in [1.54, 1.807) is 18.2 Å². The lowest BCUT2D eigenvalue weighted by molar-refractivity contribution is -0.577. The van der Waals surface area contributed by atoms with E-state index in [4.69, 9.17) is 14.2 Å². The minimum absolute atomic E-state index is 0.0313. The Labute approximate surface area is 133 Å². The number of esters is 2. The lowest BCUT2D eigenvalue weighted by atomic mass is 10.0. The summed E-state index contributed by atoms with van der Waals surface area (Å²) in [5.74, 6) is -0.351. The summed E-state index contributed by atoms with van der Waals surface area (Å²) in [5, 5.41) is 12.7. The molecule has 23 heavy (non-hydrogen) atoms. The third-order valence-corrected chi connectivity index (χ3v) is 3.28. The summed E-state index contributed by atoms with van der Waals surface area (Å²) in [5.41, 5.74) is 1.47. The average Bonchev–Trinajstić information content (AvgIpc) is 2.51. The molecule has 0 radical (unpaired) electrons. The van der Waals surface area contributed by atoms with Crippen LogP contribution in [0.5, 0.6) is 5.75 Å². The van der Waals surface area contributed by atoms with E-state index in [-0.39, 0.29) is 13.2 Å². The van der Waals surface area contributed by atoms with Crippen LogP contribution in [0.3, 0.4) is 0 Å². The molecule has 0 aliphatic carbocycles. The number of aromatic nitrogens is 1. The third-order valence-electron chi connectivity index (χ3n) is 3.28. The van der Waals surface area contributed by atoms with Crippen LogP contribution in [-0.4, -0.2) is 19.0 Å². The van der Waals surface area contributed by atoms with Crippen LogP contribution >= 0.6 is 0 Å². The van der Waals surface area contributed by atoms with Gasteiger partial charge < -0.3 is 19.4 Å². The van der Waals surface area contributed by atoms with Crippen LogP contribution < -0.4 is 9.47 Å². The van der Waals surface area contributed by atoms with Gasteiger partial charge in [-0.1, -0.05) is 0 Å². The Morgan fingerprint density at radius 1 is 1.13 bits per heavy atom. The Balaban J connectivity index is 2.58. The SMILES string of the molecule is COc1ccc2c(c1)c(COC(C)=O)c(COC(C)=O)c[n+]2[O-]. The van der Waals surface area contributed by atoms with Crippen molar-refractivity contribution in [3.63, 3.8) is 0 Å². The monoisotopic (exact) mass is 319 g/mol. The van der Waals surface area contributed by atoms with E-state index >= 15 is 0 Å². The highest BCUT2D eigenvalue weighted by Gasteiger charge is 2.18. The van der Waals surface area contributed by atoms with E-state index in [9.17, 15) is 14.8 Å². The molecule has 122 valence electrons. The zero-order chi connectivity index (χ0) is 17.0. The summed E-state index contributed by atoms with van der Waals surface area (Å²) in [6, 6.07) is 4.96. The normalized spacial score (nSPS) is 10.4. The van der Waals surface area contributed by atoms with Crippen molar-refractivity contribution in [2.24, 2.45) is 0 Å². The Bertz CT molecular complexity index is 756. The second-order valence-corrected chi connectivity index (χ2v) is 4.90. The molecule has 0 amide bonds. The van der Waals surface area contributed by atoms with Gasteiger partial charge in [-0.2, -0.15) is 4.73 Å². The minimum Gasteiger partial charge on any atom is -0.618 e. The molecular weight excluding hydrogens is 302 g/mol. The number of ether oxygens (including phenoxy) is 3. The number of rotatable bonds is 5. The Hall–Kier alpha value is -2.83. The molecule has 1 heterocycles. The summed E-state index contributed by atoms with van der Waals surface area (Å²) < 4.78 is 15.9. The zero-order valence-corrected chi connectivity index (χ0v) is 13.1. The summed E-state index contributed by atoms with van der Waals surface area (Å²) in [6.45, 7) is 2.46. The maximum atomic E-state index is 12.2. The number of nitrogens with zero attached hydrogens (tertiary/aromatic N) is 1. The van der Waals surface area contributed by atoms with Crippen molar-refractivity contribution in [3.8, 4) is 5.75 Å². The largest absolute Gasteiger partial charge is 0.618 e. The number of carbonyl (C=O) groups is 2. The lowest BCUT2D eigenvalue weighted by Gasteiger charge is -2.13. The minimum atomic E-state index is -0.466. The number of pyridine rings is 1. The van der Waals surface area contributed by atoms with E-state index < -0.39 is 11.9 Å². The molecule has 0 bridgehead atoms. The van der Waals surface area contributed by atoms with Gasteiger partial charge in [0, 0.05) is 25.5 Å². The van der Waals surface area contributed by atoms with E-state index in [0.717, 1.165) is 0 Å². The molecule has 0 atom stereocenters. The van der Waals surface area contributed by atoms with Gasteiger partial charge in [-0.15, -0.1) is 0 Å². The standard InChI is InChI=1S/C16H17NO6/c1-10(18)22-8-12-7-17(20)16-5-4-13(21-3)6-14(16)15(12)9-23-11(2)19/h4-7H,8-9H2,1-3H3. The lowest BCUT2D eigenvalue weighted by Crippen LogP contribution is -2.29. The highest BCUT2D eigenvalue weighted by atomic mass is 16.5. The van der Waals surface area contributed by atoms with Gasteiger partial charge in [0.15, 0.2) is 6.20 Å². The van der Waals surface area contributed by atoms with Crippen molar-refractivity contribution < 1.29 is 28.5 Å². The van der Waals surface area contributed by atoms with E-state index in [2.05, 4.69) is 0 Å². The van der Waals surface area contributed by atoms with Crippen LogP contribution in [0.25, 0.3) is 10.9 Å². The molecule has 0 saturated carbocycles. The predicted molar refractivity (Wildman–Crippen MR) is 80.4 cm³/mol.